The van der Waals surface area contributed by atoms with Crippen molar-refractivity contribution in [1.82, 2.24) is 0 Å². The highest BCUT2D eigenvalue weighted by molar-refractivity contribution is 7.99. The maximum atomic E-state index is 10.9. The second kappa shape index (κ2) is 2.70. The van der Waals surface area contributed by atoms with Crippen LogP contribution in [0.2, 0.25) is 0 Å². The molecule has 62 valence electrons. The molecule has 1 spiro atoms. The van der Waals surface area contributed by atoms with Crippen molar-refractivity contribution in [3.63, 3.8) is 0 Å². The lowest BCUT2D eigenvalue weighted by Gasteiger charge is -2.30. The van der Waals surface area contributed by atoms with Crippen LogP contribution in [0.3, 0.4) is 0 Å². The first-order chi connectivity index (χ1) is 5.31. The number of esters is 1. The monoisotopic (exact) mass is 172 g/mol. The summed E-state index contributed by atoms with van der Waals surface area (Å²) in [5, 5.41) is 0. The van der Waals surface area contributed by atoms with Crippen LogP contribution >= 0.6 is 11.8 Å². The van der Waals surface area contributed by atoms with Crippen LogP contribution in [-0.2, 0) is 9.53 Å². The van der Waals surface area contributed by atoms with Crippen molar-refractivity contribution in [2.75, 3.05) is 11.5 Å². The molecule has 0 radical (unpaired) electrons. The lowest BCUT2D eigenvalue weighted by molar-refractivity contribution is -0.147. The maximum Gasteiger partial charge on any atom is 0.306 e. The Morgan fingerprint density at radius 2 is 2.36 bits per heavy atom. The Morgan fingerprint density at radius 1 is 1.45 bits per heavy atom. The van der Waals surface area contributed by atoms with Gasteiger partial charge in [0.2, 0.25) is 0 Å². The molecular formula is C8H12O2S. The Hall–Kier alpha value is -0.180. The van der Waals surface area contributed by atoms with Crippen molar-refractivity contribution in [3.8, 4) is 0 Å². The molecule has 0 bridgehead atoms. The zero-order valence-electron chi connectivity index (χ0n) is 6.47. The Labute approximate surface area is 70.7 Å². The summed E-state index contributed by atoms with van der Waals surface area (Å²) < 4.78 is 5.33. The van der Waals surface area contributed by atoms with Crippen LogP contribution in [0.5, 0.6) is 0 Å². The molecule has 2 heterocycles. The zero-order chi connectivity index (χ0) is 7.73. The number of ether oxygens (including phenoxy) is 1. The molecule has 2 fully saturated rings. The molecule has 2 saturated heterocycles. The summed E-state index contributed by atoms with van der Waals surface area (Å²) >= 11 is 1.92. The van der Waals surface area contributed by atoms with E-state index in [-0.39, 0.29) is 11.6 Å². The van der Waals surface area contributed by atoms with Gasteiger partial charge in [-0.3, -0.25) is 4.79 Å². The number of carbonyl (C=O) groups is 1. The van der Waals surface area contributed by atoms with Gasteiger partial charge in [-0.15, -0.1) is 0 Å². The van der Waals surface area contributed by atoms with Crippen molar-refractivity contribution in [1.29, 1.82) is 0 Å². The largest absolute Gasteiger partial charge is 0.458 e. The molecule has 0 aromatic carbocycles. The predicted molar refractivity (Wildman–Crippen MR) is 44.6 cm³/mol. The average molecular weight is 172 g/mol. The van der Waals surface area contributed by atoms with Crippen LogP contribution in [0.4, 0.5) is 0 Å². The third-order valence-corrected chi connectivity index (χ3v) is 3.71. The summed E-state index contributed by atoms with van der Waals surface area (Å²) in [6.45, 7) is 0. The highest BCUT2D eigenvalue weighted by atomic mass is 32.2. The van der Waals surface area contributed by atoms with Crippen molar-refractivity contribution in [3.05, 3.63) is 0 Å². The molecule has 11 heavy (non-hydrogen) atoms. The number of thioether (sulfide) groups is 1. The van der Waals surface area contributed by atoms with Gasteiger partial charge in [0.15, 0.2) is 0 Å². The maximum absolute atomic E-state index is 10.9. The molecule has 3 heteroatoms. The van der Waals surface area contributed by atoms with Gasteiger partial charge in [-0.2, -0.15) is 11.8 Å². The van der Waals surface area contributed by atoms with Gasteiger partial charge in [-0.1, -0.05) is 0 Å². The zero-order valence-corrected chi connectivity index (χ0v) is 7.28. The van der Waals surface area contributed by atoms with E-state index >= 15 is 0 Å². The lowest BCUT2D eigenvalue weighted by atomic mass is 9.96. The lowest BCUT2D eigenvalue weighted by Crippen LogP contribution is -2.34. The van der Waals surface area contributed by atoms with Crippen molar-refractivity contribution < 1.29 is 9.53 Å². The fourth-order valence-electron chi connectivity index (χ4n) is 1.78. The van der Waals surface area contributed by atoms with Crippen molar-refractivity contribution in [2.24, 2.45) is 0 Å². The van der Waals surface area contributed by atoms with Gasteiger partial charge in [-0.05, 0) is 25.0 Å². The van der Waals surface area contributed by atoms with Crippen LogP contribution in [-0.4, -0.2) is 23.1 Å². The summed E-state index contributed by atoms with van der Waals surface area (Å²) in [5.74, 6) is 2.27. The quantitative estimate of drug-likeness (QED) is 0.519. The Morgan fingerprint density at radius 3 is 2.91 bits per heavy atom. The van der Waals surface area contributed by atoms with Crippen LogP contribution in [0.15, 0.2) is 0 Å². The molecule has 0 aromatic heterocycles. The average Bonchev–Trinajstić information content (AvgIpc) is 2.34. The molecule has 2 nitrogen and oxygen atoms in total. The minimum Gasteiger partial charge on any atom is -0.458 e. The molecule has 2 rings (SSSR count). The molecule has 1 unspecified atom stereocenters. The van der Waals surface area contributed by atoms with E-state index in [9.17, 15) is 4.79 Å². The highest BCUT2D eigenvalue weighted by Crippen LogP contribution is 2.38. The Kier molecular flexibility index (Phi) is 1.83. The van der Waals surface area contributed by atoms with E-state index in [1.165, 1.54) is 12.2 Å². The summed E-state index contributed by atoms with van der Waals surface area (Å²) in [5.41, 5.74) is -0.0417. The third-order valence-electron chi connectivity index (χ3n) is 2.40. The first kappa shape index (κ1) is 7.47. The van der Waals surface area contributed by atoms with Gasteiger partial charge < -0.3 is 4.74 Å². The normalized spacial score (nSPS) is 37.6. The van der Waals surface area contributed by atoms with Gasteiger partial charge in [0, 0.05) is 12.2 Å². The summed E-state index contributed by atoms with van der Waals surface area (Å²) in [6.07, 6.45) is 3.89. The second-order valence-electron chi connectivity index (χ2n) is 3.31. The van der Waals surface area contributed by atoms with Gasteiger partial charge in [-0.25, -0.2) is 0 Å². The van der Waals surface area contributed by atoms with E-state index in [1.54, 1.807) is 0 Å². The highest BCUT2D eigenvalue weighted by Gasteiger charge is 2.41. The topological polar surface area (TPSA) is 26.3 Å². The molecule has 0 saturated carbocycles. The molecule has 2 aliphatic heterocycles. The Balaban J connectivity index is 2.03. The minimum atomic E-state index is -0.0417. The minimum absolute atomic E-state index is 0.00694. The van der Waals surface area contributed by atoms with Gasteiger partial charge in [0.25, 0.3) is 0 Å². The number of rotatable bonds is 0. The smallest absolute Gasteiger partial charge is 0.306 e. The SMILES string of the molecule is O=C1CCC2(CCCSC2)O1. The summed E-state index contributed by atoms with van der Waals surface area (Å²) in [4.78, 5) is 10.9. The van der Waals surface area contributed by atoms with Gasteiger partial charge in [0.05, 0.1) is 0 Å². The van der Waals surface area contributed by atoms with E-state index < -0.39 is 0 Å². The third kappa shape index (κ3) is 1.39. The van der Waals surface area contributed by atoms with E-state index in [0.717, 1.165) is 18.6 Å². The van der Waals surface area contributed by atoms with Crippen LogP contribution < -0.4 is 0 Å². The molecule has 0 amide bonds. The van der Waals surface area contributed by atoms with Gasteiger partial charge in [0.1, 0.15) is 5.60 Å². The van der Waals surface area contributed by atoms with Crippen molar-refractivity contribution >= 4 is 17.7 Å². The molecule has 2 aliphatic rings. The number of carbonyl (C=O) groups excluding carboxylic acids is 1. The number of hydrogen-bond acceptors (Lipinski definition) is 3. The second-order valence-corrected chi connectivity index (χ2v) is 4.42. The van der Waals surface area contributed by atoms with E-state index in [1.807, 2.05) is 11.8 Å². The van der Waals surface area contributed by atoms with Crippen molar-refractivity contribution in [2.45, 2.75) is 31.3 Å². The summed E-state index contributed by atoms with van der Waals surface area (Å²) in [6, 6.07) is 0. The molecular weight excluding hydrogens is 160 g/mol. The van der Waals surface area contributed by atoms with E-state index in [2.05, 4.69) is 0 Å². The Bertz CT molecular complexity index is 173. The van der Waals surface area contributed by atoms with E-state index in [0.29, 0.717) is 6.42 Å². The standard InChI is InChI=1S/C8H12O2S/c9-7-2-4-8(10-7)3-1-5-11-6-8/h1-6H2. The first-order valence-corrected chi connectivity index (χ1v) is 5.26. The summed E-state index contributed by atoms with van der Waals surface area (Å²) in [7, 11) is 0. The van der Waals surface area contributed by atoms with E-state index in [4.69, 9.17) is 4.74 Å². The number of hydrogen-bond donors (Lipinski definition) is 0. The molecule has 0 aliphatic carbocycles. The molecule has 1 atom stereocenters. The molecule has 0 N–H and O–H groups in total. The van der Waals surface area contributed by atoms with Crippen LogP contribution in [0, 0.1) is 0 Å². The fourth-order valence-corrected chi connectivity index (χ4v) is 2.99. The predicted octanol–water partition coefficient (Wildman–Crippen LogP) is 1.59. The first-order valence-electron chi connectivity index (χ1n) is 4.10. The van der Waals surface area contributed by atoms with Crippen LogP contribution in [0.25, 0.3) is 0 Å². The molecule has 0 aromatic rings. The van der Waals surface area contributed by atoms with Gasteiger partial charge >= 0.3 is 5.97 Å². The fraction of sp³-hybridized carbons (Fsp3) is 0.875. The van der Waals surface area contributed by atoms with Crippen LogP contribution in [0.1, 0.15) is 25.7 Å².